The number of carbonyl (C=O) groups excluding carboxylic acids is 1. The minimum Gasteiger partial charge on any atom is -0.362 e. The summed E-state index contributed by atoms with van der Waals surface area (Å²) < 4.78 is 26.4. The third kappa shape index (κ3) is 5.24. The lowest BCUT2D eigenvalue weighted by Crippen LogP contribution is -2.40. The largest absolute Gasteiger partial charge is 0.362 e. The molecule has 2 N–H and O–H groups in total. The standard InChI is InChI=1S/C23H25F2N5O.ClH.2H2/c1-30(2)21-17-5-3-4-6-20(17)28-23(29-21)27-16-10-8-15(9-11-16)26-22(31)14-7-12-18(24)19(25)13-14;;;/h3-7,12-13,15-16H,8-11H2,1-2H3,(H,26,31)(H,27,28,29);3*1H. The van der Waals surface area contributed by atoms with Crippen LogP contribution in [0.4, 0.5) is 20.5 Å². The molecule has 9 heteroatoms. The van der Waals surface area contributed by atoms with E-state index >= 15 is 0 Å². The quantitative estimate of drug-likeness (QED) is 0.552. The monoisotopic (exact) mass is 465 g/mol. The van der Waals surface area contributed by atoms with Gasteiger partial charge >= 0.3 is 0 Å². The summed E-state index contributed by atoms with van der Waals surface area (Å²) in [6, 6.07) is 11.3. The second-order valence-corrected chi connectivity index (χ2v) is 8.08. The molecule has 1 aliphatic rings. The Morgan fingerprint density at radius 3 is 2.38 bits per heavy atom. The number of nitrogens with zero attached hydrogens (tertiary/aromatic N) is 3. The number of aromatic nitrogens is 2. The minimum atomic E-state index is -1.02. The second kappa shape index (κ2) is 10.1. The van der Waals surface area contributed by atoms with Gasteiger partial charge in [0.05, 0.1) is 5.52 Å². The summed E-state index contributed by atoms with van der Waals surface area (Å²) in [5, 5.41) is 7.36. The molecule has 1 aliphatic carbocycles. The van der Waals surface area contributed by atoms with Crippen LogP contribution in [0.2, 0.25) is 0 Å². The van der Waals surface area contributed by atoms with Crippen molar-refractivity contribution in [3.63, 3.8) is 0 Å². The smallest absolute Gasteiger partial charge is 0.251 e. The van der Waals surface area contributed by atoms with Crippen LogP contribution in [0.15, 0.2) is 42.5 Å². The molecule has 0 spiro atoms. The summed E-state index contributed by atoms with van der Waals surface area (Å²) in [5.74, 6) is -0.912. The van der Waals surface area contributed by atoms with Gasteiger partial charge in [0.15, 0.2) is 11.6 Å². The third-order valence-electron chi connectivity index (χ3n) is 5.58. The minimum absolute atomic E-state index is 0. The second-order valence-electron chi connectivity index (χ2n) is 8.08. The van der Waals surface area contributed by atoms with Crippen molar-refractivity contribution >= 4 is 41.0 Å². The topological polar surface area (TPSA) is 70.2 Å². The first-order valence-corrected chi connectivity index (χ1v) is 10.4. The predicted octanol–water partition coefficient (Wildman–Crippen LogP) is 5.04. The van der Waals surface area contributed by atoms with Crippen molar-refractivity contribution in [1.29, 1.82) is 0 Å². The lowest BCUT2D eigenvalue weighted by molar-refractivity contribution is 0.0926. The molecule has 0 radical (unpaired) electrons. The van der Waals surface area contributed by atoms with Crippen molar-refractivity contribution in [1.82, 2.24) is 15.3 Å². The van der Waals surface area contributed by atoms with Gasteiger partial charge in [0.1, 0.15) is 5.82 Å². The van der Waals surface area contributed by atoms with E-state index in [-0.39, 0.29) is 38.8 Å². The Bertz CT molecular complexity index is 1110. The lowest BCUT2D eigenvalue weighted by atomic mass is 9.91. The van der Waals surface area contributed by atoms with E-state index in [2.05, 4.69) is 20.6 Å². The van der Waals surface area contributed by atoms with Gasteiger partial charge in [0.2, 0.25) is 5.95 Å². The molecule has 0 saturated heterocycles. The molecule has 0 unspecified atom stereocenters. The Hall–Kier alpha value is -3.00. The maximum Gasteiger partial charge on any atom is 0.251 e. The molecule has 1 aromatic heterocycles. The van der Waals surface area contributed by atoms with Crippen LogP contribution in [0.3, 0.4) is 0 Å². The van der Waals surface area contributed by atoms with Crippen LogP contribution in [-0.4, -0.2) is 42.1 Å². The highest BCUT2D eigenvalue weighted by Crippen LogP contribution is 2.26. The number of fused-ring (bicyclic) bond motifs is 1. The Balaban J connectivity index is 0.00000193. The highest BCUT2D eigenvalue weighted by atomic mass is 35.5. The molecule has 0 bridgehead atoms. The normalized spacial score (nSPS) is 18.0. The number of benzene rings is 2. The number of hydrogen-bond acceptors (Lipinski definition) is 5. The molecule has 32 heavy (non-hydrogen) atoms. The Kier molecular flexibility index (Phi) is 7.45. The van der Waals surface area contributed by atoms with Crippen LogP contribution >= 0.6 is 12.4 Å². The van der Waals surface area contributed by atoms with Gasteiger partial charge in [-0.25, -0.2) is 13.8 Å². The van der Waals surface area contributed by atoms with Gasteiger partial charge < -0.3 is 15.5 Å². The zero-order chi connectivity index (χ0) is 22.0. The van der Waals surface area contributed by atoms with Crippen LogP contribution in [-0.2, 0) is 0 Å². The number of carbonyl (C=O) groups is 1. The van der Waals surface area contributed by atoms with Gasteiger partial charge in [-0.15, -0.1) is 12.4 Å². The SMILES string of the molecule is CN(C)c1nc(NC2CCC(NC(=O)c3ccc(F)c(F)c3)CC2)nc2ccccc12.Cl.[HH].[HH]. The third-order valence-corrected chi connectivity index (χ3v) is 5.58. The fraction of sp³-hybridized carbons (Fsp3) is 0.348. The summed E-state index contributed by atoms with van der Waals surface area (Å²) in [5.41, 5.74) is 1.01. The summed E-state index contributed by atoms with van der Waals surface area (Å²) >= 11 is 0. The first-order valence-electron chi connectivity index (χ1n) is 10.4. The fourth-order valence-electron chi connectivity index (χ4n) is 3.94. The number of halogens is 3. The fourth-order valence-corrected chi connectivity index (χ4v) is 3.94. The molecule has 1 amide bonds. The van der Waals surface area contributed by atoms with E-state index in [0.717, 1.165) is 54.5 Å². The summed E-state index contributed by atoms with van der Waals surface area (Å²) in [6.45, 7) is 0. The molecule has 1 saturated carbocycles. The molecular formula is C23H30ClF2N5O. The van der Waals surface area contributed by atoms with E-state index in [4.69, 9.17) is 0 Å². The van der Waals surface area contributed by atoms with Gasteiger partial charge in [0, 0.05) is 40.0 Å². The highest BCUT2D eigenvalue weighted by Gasteiger charge is 2.24. The van der Waals surface area contributed by atoms with Crippen molar-refractivity contribution in [3.05, 3.63) is 59.7 Å². The van der Waals surface area contributed by atoms with E-state index in [0.29, 0.717) is 5.95 Å². The van der Waals surface area contributed by atoms with Crippen LogP contribution < -0.4 is 15.5 Å². The first kappa shape index (κ1) is 23.7. The van der Waals surface area contributed by atoms with Crippen molar-refractivity contribution < 1.29 is 16.4 Å². The molecule has 6 nitrogen and oxygen atoms in total. The van der Waals surface area contributed by atoms with E-state index in [1.54, 1.807) is 0 Å². The zero-order valence-corrected chi connectivity index (χ0v) is 18.8. The molecule has 0 aliphatic heterocycles. The number of amides is 1. The van der Waals surface area contributed by atoms with Crippen LogP contribution in [0, 0.1) is 11.6 Å². The van der Waals surface area contributed by atoms with Gasteiger partial charge in [-0.2, -0.15) is 4.98 Å². The number of rotatable bonds is 5. The number of hydrogen-bond donors (Lipinski definition) is 2. The summed E-state index contributed by atoms with van der Waals surface area (Å²) in [6.07, 6.45) is 3.24. The van der Waals surface area contributed by atoms with Gasteiger partial charge in [-0.1, -0.05) is 12.1 Å². The molecule has 3 aromatic rings. The lowest BCUT2D eigenvalue weighted by Gasteiger charge is -2.30. The molecule has 0 atom stereocenters. The van der Waals surface area contributed by atoms with Crippen molar-refractivity contribution in [2.45, 2.75) is 37.8 Å². The van der Waals surface area contributed by atoms with E-state index in [1.165, 1.54) is 6.07 Å². The van der Waals surface area contributed by atoms with Crippen LogP contribution in [0.25, 0.3) is 10.9 Å². The van der Waals surface area contributed by atoms with Crippen LogP contribution in [0.1, 0.15) is 38.9 Å². The highest BCUT2D eigenvalue weighted by molar-refractivity contribution is 5.94. The van der Waals surface area contributed by atoms with Gasteiger partial charge in [0.25, 0.3) is 5.91 Å². The maximum atomic E-state index is 13.4. The first-order chi connectivity index (χ1) is 14.9. The Morgan fingerprint density at radius 2 is 1.69 bits per heavy atom. The van der Waals surface area contributed by atoms with Gasteiger partial charge in [-0.05, 0) is 56.0 Å². The Labute approximate surface area is 194 Å². The molecule has 1 heterocycles. The van der Waals surface area contributed by atoms with Crippen molar-refractivity contribution in [3.8, 4) is 0 Å². The molecule has 174 valence electrons. The molecule has 2 aromatic carbocycles. The average Bonchev–Trinajstić information content (AvgIpc) is 2.76. The van der Waals surface area contributed by atoms with E-state index in [1.807, 2.05) is 43.3 Å². The Morgan fingerprint density at radius 1 is 1.00 bits per heavy atom. The number of anilines is 2. The maximum absolute atomic E-state index is 13.4. The van der Waals surface area contributed by atoms with Crippen LogP contribution in [0.5, 0.6) is 0 Å². The summed E-state index contributed by atoms with van der Waals surface area (Å²) in [4.78, 5) is 23.6. The number of para-hydroxylation sites is 1. The van der Waals surface area contributed by atoms with Gasteiger partial charge in [-0.3, -0.25) is 4.79 Å². The number of nitrogens with one attached hydrogen (secondary N) is 2. The molecule has 1 fully saturated rings. The van der Waals surface area contributed by atoms with E-state index in [9.17, 15) is 13.6 Å². The predicted molar refractivity (Wildman–Crippen MR) is 129 cm³/mol. The molecule has 4 rings (SSSR count). The zero-order valence-electron chi connectivity index (χ0n) is 17.9. The average molecular weight is 466 g/mol. The van der Waals surface area contributed by atoms with Crippen molar-refractivity contribution in [2.75, 3.05) is 24.3 Å². The molecular weight excluding hydrogens is 436 g/mol. The summed E-state index contributed by atoms with van der Waals surface area (Å²) in [7, 11) is 3.92. The van der Waals surface area contributed by atoms with E-state index < -0.39 is 11.6 Å². The van der Waals surface area contributed by atoms with Crippen molar-refractivity contribution in [2.24, 2.45) is 0 Å².